The molecule has 0 atom stereocenters. The van der Waals surface area contributed by atoms with Crippen molar-refractivity contribution in [3.63, 3.8) is 0 Å². The highest BCUT2D eigenvalue weighted by molar-refractivity contribution is 7.99. The van der Waals surface area contributed by atoms with Crippen molar-refractivity contribution in [1.82, 2.24) is 35.4 Å². The lowest BCUT2D eigenvalue weighted by Crippen LogP contribution is -2.43. The summed E-state index contributed by atoms with van der Waals surface area (Å²) >= 11 is 1.16. The molecule has 11 nitrogen and oxygen atoms in total. The number of aromatic nitrogens is 5. The molecule has 4 aromatic rings. The molecule has 0 fully saturated rings. The van der Waals surface area contributed by atoms with Crippen LogP contribution in [0.25, 0.3) is 16.5 Å². The predicted molar refractivity (Wildman–Crippen MR) is 131 cm³/mol. The molecule has 0 aliphatic rings. The highest BCUT2D eigenvalue weighted by atomic mass is 32.2. The first-order chi connectivity index (χ1) is 17.0. The van der Waals surface area contributed by atoms with E-state index in [2.05, 4.69) is 26.1 Å². The summed E-state index contributed by atoms with van der Waals surface area (Å²) in [6.45, 7) is 2.29. The molecule has 0 saturated carbocycles. The zero-order valence-corrected chi connectivity index (χ0v) is 19.9. The lowest BCUT2D eigenvalue weighted by Gasteiger charge is -2.11. The Labute approximate surface area is 204 Å². The van der Waals surface area contributed by atoms with Crippen LogP contribution in [0.15, 0.2) is 64.8 Å². The number of rotatable bonds is 8. The fraction of sp³-hybridized carbons (Fsp3) is 0.217. The molecule has 0 radical (unpaired) electrons. The molecule has 0 bridgehead atoms. The minimum atomic E-state index is -0.620. The van der Waals surface area contributed by atoms with Crippen molar-refractivity contribution in [2.24, 2.45) is 0 Å². The average Bonchev–Trinajstić information content (AvgIpc) is 3.36. The molecular weight excluding hydrogens is 470 g/mol. The largest absolute Gasteiger partial charge is 0.497 e. The molecule has 0 aliphatic heterocycles. The average molecular weight is 494 g/mol. The number of carbonyl (C=O) groups excluding carboxylic acids is 2. The van der Waals surface area contributed by atoms with Gasteiger partial charge in [-0.3, -0.25) is 29.8 Å². The van der Waals surface area contributed by atoms with Crippen molar-refractivity contribution in [3.05, 3.63) is 70.9 Å². The van der Waals surface area contributed by atoms with Gasteiger partial charge in [0.1, 0.15) is 12.1 Å². The molecule has 35 heavy (non-hydrogen) atoms. The van der Waals surface area contributed by atoms with E-state index in [4.69, 9.17) is 4.74 Å². The summed E-state index contributed by atoms with van der Waals surface area (Å²) in [6.07, 6.45) is 2.23. The molecule has 2 aromatic carbocycles. The Morgan fingerprint density at radius 2 is 1.80 bits per heavy atom. The smallest absolute Gasteiger partial charge is 0.290 e. The quantitative estimate of drug-likeness (QED) is 0.281. The zero-order valence-electron chi connectivity index (χ0n) is 19.1. The monoisotopic (exact) mass is 493 g/mol. The van der Waals surface area contributed by atoms with Gasteiger partial charge in [0.25, 0.3) is 11.5 Å². The number of aryl methyl sites for hydroxylation is 1. The Balaban J connectivity index is 1.41. The van der Waals surface area contributed by atoms with Crippen LogP contribution >= 0.6 is 11.8 Å². The van der Waals surface area contributed by atoms with Gasteiger partial charge >= 0.3 is 0 Å². The number of hydrogen-bond acceptors (Lipinski definition) is 8. The molecular formula is C23H23N7O4S. The minimum absolute atomic E-state index is 0.0152. The fourth-order valence-corrected chi connectivity index (χ4v) is 4.09. The van der Waals surface area contributed by atoms with E-state index in [1.54, 1.807) is 42.3 Å². The van der Waals surface area contributed by atoms with Crippen LogP contribution in [0.4, 0.5) is 0 Å². The standard InChI is InChI=1S/C23H23N7O4S/c1-3-12-30-22(33)18-7-5-4-6-17(18)20(28-30)21(32)26-25-19(31)13-35-23-27-24-14-29(23)15-8-10-16(34-2)11-9-15/h4-11,14H,3,12-13H2,1-2H3,(H,25,31)(H,26,32). The fourth-order valence-electron chi connectivity index (χ4n) is 3.36. The maximum absolute atomic E-state index is 12.8. The first kappa shape index (κ1) is 24.0. The van der Waals surface area contributed by atoms with Crippen molar-refractivity contribution >= 4 is 34.3 Å². The normalized spacial score (nSPS) is 10.8. The van der Waals surface area contributed by atoms with E-state index >= 15 is 0 Å². The summed E-state index contributed by atoms with van der Waals surface area (Å²) in [6, 6.07) is 14.1. The van der Waals surface area contributed by atoms with Gasteiger partial charge in [0, 0.05) is 17.6 Å². The van der Waals surface area contributed by atoms with Gasteiger partial charge in [-0.05, 0) is 36.8 Å². The highest BCUT2D eigenvalue weighted by Gasteiger charge is 2.17. The maximum atomic E-state index is 12.8. The topological polar surface area (TPSA) is 133 Å². The van der Waals surface area contributed by atoms with Gasteiger partial charge in [0.2, 0.25) is 5.91 Å². The Hall–Kier alpha value is -4.19. The second kappa shape index (κ2) is 10.8. The first-order valence-electron chi connectivity index (χ1n) is 10.8. The molecule has 4 rings (SSSR count). The molecule has 2 amide bonds. The third-order valence-corrected chi connectivity index (χ3v) is 5.98. The van der Waals surface area contributed by atoms with E-state index in [0.29, 0.717) is 28.9 Å². The third-order valence-electron chi connectivity index (χ3n) is 5.03. The predicted octanol–water partition coefficient (Wildman–Crippen LogP) is 1.95. The van der Waals surface area contributed by atoms with Gasteiger partial charge in [0.05, 0.1) is 18.2 Å². The molecule has 0 unspecified atom stereocenters. The van der Waals surface area contributed by atoms with Crippen LogP contribution in [0.3, 0.4) is 0 Å². The number of ether oxygens (including phenoxy) is 1. The summed E-state index contributed by atoms with van der Waals surface area (Å²) in [5.74, 6) is -0.360. The molecule has 2 aromatic heterocycles. The van der Waals surface area contributed by atoms with E-state index in [0.717, 1.165) is 23.2 Å². The highest BCUT2D eigenvalue weighted by Crippen LogP contribution is 2.21. The first-order valence-corrected chi connectivity index (χ1v) is 11.8. The molecule has 0 saturated heterocycles. The van der Waals surface area contributed by atoms with Crippen LogP contribution in [0.1, 0.15) is 23.8 Å². The lowest BCUT2D eigenvalue weighted by atomic mass is 10.1. The van der Waals surface area contributed by atoms with Crippen molar-refractivity contribution in [1.29, 1.82) is 0 Å². The molecule has 2 heterocycles. The van der Waals surface area contributed by atoms with Gasteiger partial charge in [-0.2, -0.15) is 5.10 Å². The van der Waals surface area contributed by atoms with E-state index in [-0.39, 0.29) is 17.0 Å². The summed E-state index contributed by atoms with van der Waals surface area (Å²) in [7, 11) is 1.59. The van der Waals surface area contributed by atoms with Crippen molar-refractivity contribution in [2.45, 2.75) is 25.0 Å². The molecule has 0 spiro atoms. The number of fused-ring (bicyclic) bond motifs is 1. The van der Waals surface area contributed by atoms with Crippen molar-refractivity contribution in [3.8, 4) is 11.4 Å². The SMILES string of the molecule is CCCn1nc(C(=O)NNC(=O)CSc2nncn2-c2ccc(OC)cc2)c2ccccc2c1=O. The molecule has 12 heteroatoms. The van der Waals surface area contributed by atoms with Crippen LogP contribution in [0, 0.1) is 0 Å². The summed E-state index contributed by atoms with van der Waals surface area (Å²) < 4.78 is 8.17. The van der Waals surface area contributed by atoms with E-state index in [9.17, 15) is 14.4 Å². The Kier molecular flexibility index (Phi) is 7.41. The number of nitrogens with one attached hydrogen (secondary N) is 2. The number of carbonyl (C=O) groups is 2. The van der Waals surface area contributed by atoms with Crippen LogP contribution in [-0.4, -0.2) is 49.2 Å². The van der Waals surface area contributed by atoms with E-state index in [1.807, 2.05) is 31.2 Å². The van der Waals surface area contributed by atoms with Crippen LogP contribution in [0.2, 0.25) is 0 Å². The number of methoxy groups -OCH3 is 1. The maximum Gasteiger partial charge on any atom is 0.290 e. The van der Waals surface area contributed by atoms with Crippen molar-refractivity contribution < 1.29 is 14.3 Å². The number of nitrogens with zero attached hydrogens (tertiary/aromatic N) is 5. The molecule has 2 N–H and O–H groups in total. The summed E-state index contributed by atoms with van der Waals surface area (Å²) in [4.78, 5) is 37.8. The molecule has 0 aliphatic carbocycles. The second-order valence-electron chi connectivity index (χ2n) is 7.40. The Morgan fingerprint density at radius 1 is 1.06 bits per heavy atom. The van der Waals surface area contributed by atoms with Gasteiger partial charge in [-0.25, -0.2) is 4.68 Å². The van der Waals surface area contributed by atoms with Gasteiger partial charge in [-0.1, -0.05) is 36.9 Å². The van der Waals surface area contributed by atoms with Crippen LogP contribution < -0.4 is 21.1 Å². The second-order valence-corrected chi connectivity index (χ2v) is 8.34. The minimum Gasteiger partial charge on any atom is -0.497 e. The Morgan fingerprint density at radius 3 is 2.51 bits per heavy atom. The van der Waals surface area contributed by atoms with Crippen molar-refractivity contribution in [2.75, 3.05) is 12.9 Å². The number of amides is 2. The lowest BCUT2D eigenvalue weighted by molar-refractivity contribution is -0.119. The zero-order chi connectivity index (χ0) is 24.8. The third kappa shape index (κ3) is 5.32. The van der Waals surface area contributed by atoms with E-state index in [1.165, 1.54) is 4.68 Å². The Bertz CT molecular complexity index is 1420. The van der Waals surface area contributed by atoms with Gasteiger partial charge < -0.3 is 4.74 Å². The number of benzene rings is 2. The number of thioether (sulfide) groups is 1. The van der Waals surface area contributed by atoms with Gasteiger partial charge in [0.15, 0.2) is 10.9 Å². The van der Waals surface area contributed by atoms with Crippen LogP contribution in [0.5, 0.6) is 5.75 Å². The molecule has 180 valence electrons. The van der Waals surface area contributed by atoms with E-state index < -0.39 is 11.8 Å². The van der Waals surface area contributed by atoms with Crippen LogP contribution in [-0.2, 0) is 11.3 Å². The number of hydrazine groups is 1. The summed E-state index contributed by atoms with van der Waals surface area (Å²) in [5, 5.41) is 13.5. The summed E-state index contributed by atoms with van der Waals surface area (Å²) in [5.41, 5.74) is 5.38. The van der Waals surface area contributed by atoms with Gasteiger partial charge in [-0.15, -0.1) is 10.2 Å². The number of hydrogen-bond donors (Lipinski definition) is 2.